The van der Waals surface area contributed by atoms with Gasteiger partial charge in [-0.15, -0.1) is 0 Å². The molecule has 0 saturated heterocycles. The third-order valence-corrected chi connectivity index (χ3v) is 2.28. The third-order valence-electron chi connectivity index (χ3n) is 2.28. The molecule has 0 radical (unpaired) electrons. The number of aromatic nitrogens is 3. The summed E-state index contributed by atoms with van der Waals surface area (Å²) in [5.74, 6) is -1.08. The van der Waals surface area contributed by atoms with Gasteiger partial charge < -0.3 is 10.8 Å². The summed E-state index contributed by atoms with van der Waals surface area (Å²) >= 11 is 0. The first-order valence-electron chi connectivity index (χ1n) is 4.70. The Morgan fingerprint density at radius 1 is 1.47 bits per heavy atom. The van der Waals surface area contributed by atoms with Crippen molar-refractivity contribution >= 4 is 5.52 Å². The number of aliphatic hydroxyl groups excluding tert-OH is 1. The zero-order chi connectivity index (χ0) is 12.6. The number of alkyl halides is 3. The Kier molecular flexibility index (Phi) is 2.76. The molecule has 0 aliphatic heterocycles. The lowest BCUT2D eigenvalue weighted by Gasteiger charge is -2.03. The monoisotopic (exact) mass is 246 g/mol. The Hall–Kier alpha value is -1.67. The van der Waals surface area contributed by atoms with Crippen LogP contribution >= 0.6 is 0 Å². The van der Waals surface area contributed by atoms with Crippen molar-refractivity contribution in [3.63, 3.8) is 0 Å². The highest BCUT2D eigenvalue weighted by molar-refractivity contribution is 5.53. The quantitative estimate of drug-likeness (QED) is 0.819. The molecule has 1 unspecified atom stereocenters. The van der Waals surface area contributed by atoms with E-state index in [1.165, 1.54) is 12.4 Å². The largest absolute Gasteiger partial charge is 0.450 e. The first kappa shape index (κ1) is 11.8. The number of hydrogen-bond donors (Lipinski definition) is 2. The molecular weight excluding hydrogens is 237 g/mol. The maximum atomic E-state index is 12.7. The first-order valence-corrected chi connectivity index (χ1v) is 4.70. The molecule has 0 aromatic carbocycles. The standard InChI is InChI=1S/C9H9F3N4O/c10-9(11,12)8-15-7(5(13)4-17)6-3-14-1-2-16(6)8/h1-3,5,17H,4,13H2. The minimum atomic E-state index is -4.59. The van der Waals surface area contributed by atoms with Crippen molar-refractivity contribution in [2.24, 2.45) is 5.73 Å². The van der Waals surface area contributed by atoms with Crippen LogP contribution in [0.5, 0.6) is 0 Å². The fraction of sp³-hybridized carbons (Fsp3) is 0.333. The van der Waals surface area contributed by atoms with Gasteiger partial charge in [-0.1, -0.05) is 0 Å². The molecule has 2 rings (SSSR count). The molecule has 3 N–H and O–H groups in total. The number of imidazole rings is 1. The molecule has 0 saturated carbocycles. The average Bonchev–Trinajstić information content (AvgIpc) is 2.67. The molecule has 0 aliphatic rings. The molecule has 0 spiro atoms. The zero-order valence-corrected chi connectivity index (χ0v) is 8.52. The van der Waals surface area contributed by atoms with E-state index in [0.717, 1.165) is 10.6 Å². The van der Waals surface area contributed by atoms with Gasteiger partial charge in [0.05, 0.1) is 30.1 Å². The molecule has 1 atom stereocenters. The second-order valence-electron chi connectivity index (χ2n) is 3.44. The summed E-state index contributed by atoms with van der Waals surface area (Å²) in [7, 11) is 0. The van der Waals surface area contributed by atoms with Crippen LogP contribution in [-0.2, 0) is 6.18 Å². The predicted molar refractivity (Wildman–Crippen MR) is 52.0 cm³/mol. The van der Waals surface area contributed by atoms with Gasteiger partial charge in [-0.3, -0.25) is 9.38 Å². The van der Waals surface area contributed by atoms with Crippen molar-refractivity contribution in [1.82, 2.24) is 14.4 Å². The molecule has 92 valence electrons. The number of nitrogens with zero attached hydrogens (tertiary/aromatic N) is 3. The summed E-state index contributed by atoms with van der Waals surface area (Å²) in [4.78, 5) is 7.16. The van der Waals surface area contributed by atoms with E-state index in [2.05, 4.69) is 9.97 Å². The Morgan fingerprint density at radius 2 is 2.18 bits per heavy atom. The van der Waals surface area contributed by atoms with E-state index in [0.29, 0.717) is 0 Å². The maximum Gasteiger partial charge on any atom is 0.450 e. The van der Waals surface area contributed by atoms with Gasteiger partial charge in [-0.25, -0.2) is 4.98 Å². The molecule has 2 aromatic rings. The average molecular weight is 246 g/mol. The van der Waals surface area contributed by atoms with Crippen molar-refractivity contribution in [2.75, 3.05) is 6.61 Å². The van der Waals surface area contributed by atoms with Crippen molar-refractivity contribution in [2.45, 2.75) is 12.2 Å². The summed E-state index contributed by atoms with van der Waals surface area (Å²) in [6.45, 7) is -0.487. The van der Waals surface area contributed by atoms with Crippen molar-refractivity contribution in [1.29, 1.82) is 0 Å². The number of nitrogens with two attached hydrogens (primary N) is 1. The number of halogens is 3. The van der Waals surface area contributed by atoms with Crippen molar-refractivity contribution in [3.8, 4) is 0 Å². The lowest BCUT2D eigenvalue weighted by atomic mass is 10.2. The van der Waals surface area contributed by atoms with Gasteiger partial charge in [0.15, 0.2) is 0 Å². The fourth-order valence-electron chi connectivity index (χ4n) is 1.52. The smallest absolute Gasteiger partial charge is 0.394 e. The summed E-state index contributed by atoms with van der Waals surface area (Å²) in [5.41, 5.74) is 5.62. The third kappa shape index (κ3) is 1.96. The molecule has 0 fully saturated rings. The molecule has 17 heavy (non-hydrogen) atoms. The zero-order valence-electron chi connectivity index (χ0n) is 8.52. The van der Waals surface area contributed by atoms with Crippen LogP contribution < -0.4 is 5.73 Å². The Labute approximate surface area is 93.7 Å². The number of fused-ring (bicyclic) bond motifs is 1. The second-order valence-corrected chi connectivity index (χ2v) is 3.44. The summed E-state index contributed by atoms with van der Waals surface area (Å²) < 4.78 is 38.9. The molecule has 0 amide bonds. The van der Waals surface area contributed by atoms with Gasteiger partial charge >= 0.3 is 6.18 Å². The minimum absolute atomic E-state index is 0.0204. The van der Waals surface area contributed by atoms with Crippen LogP contribution in [0, 0.1) is 0 Å². The van der Waals surface area contributed by atoms with Gasteiger partial charge in [0.1, 0.15) is 0 Å². The predicted octanol–water partition coefficient (Wildman–Crippen LogP) is 0.740. The maximum absolute atomic E-state index is 12.7. The highest BCUT2D eigenvalue weighted by atomic mass is 19.4. The van der Waals surface area contributed by atoms with Crippen LogP contribution in [0.3, 0.4) is 0 Å². The van der Waals surface area contributed by atoms with Crippen LogP contribution in [0.15, 0.2) is 18.6 Å². The number of rotatable bonds is 2. The molecule has 0 bridgehead atoms. The lowest BCUT2D eigenvalue weighted by Crippen LogP contribution is -2.16. The first-order chi connectivity index (χ1) is 7.95. The Balaban J connectivity index is 2.71. The van der Waals surface area contributed by atoms with Gasteiger partial charge in [-0.2, -0.15) is 13.2 Å². The van der Waals surface area contributed by atoms with E-state index in [4.69, 9.17) is 10.8 Å². The summed E-state index contributed by atoms with van der Waals surface area (Å²) in [6.07, 6.45) is -0.984. The van der Waals surface area contributed by atoms with E-state index in [-0.39, 0.29) is 11.2 Å². The van der Waals surface area contributed by atoms with E-state index in [9.17, 15) is 13.2 Å². The van der Waals surface area contributed by atoms with Crippen LogP contribution in [0.25, 0.3) is 5.52 Å². The molecular formula is C9H9F3N4O. The highest BCUT2D eigenvalue weighted by Gasteiger charge is 2.37. The second kappa shape index (κ2) is 3.97. The molecule has 2 aromatic heterocycles. The van der Waals surface area contributed by atoms with Crippen LogP contribution in [0.4, 0.5) is 13.2 Å². The number of aliphatic hydroxyl groups is 1. The fourth-order valence-corrected chi connectivity index (χ4v) is 1.52. The topological polar surface area (TPSA) is 76.4 Å². The number of hydrogen-bond acceptors (Lipinski definition) is 4. The van der Waals surface area contributed by atoms with Crippen LogP contribution in [-0.4, -0.2) is 26.1 Å². The molecule has 5 nitrogen and oxygen atoms in total. The Bertz CT molecular complexity index is 537. The SMILES string of the molecule is NC(CO)c1nc(C(F)(F)F)n2ccncc12. The van der Waals surface area contributed by atoms with E-state index in [1.807, 2.05) is 0 Å². The highest BCUT2D eigenvalue weighted by Crippen LogP contribution is 2.31. The van der Waals surface area contributed by atoms with Crippen molar-refractivity contribution < 1.29 is 18.3 Å². The molecule has 2 heterocycles. The molecule has 0 aliphatic carbocycles. The van der Waals surface area contributed by atoms with Crippen LogP contribution in [0.1, 0.15) is 17.6 Å². The van der Waals surface area contributed by atoms with E-state index >= 15 is 0 Å². The molecule has 8 heteroatoms. The summed E-state index contributed by atoms with van der Waals surface area (Å²) in [6, 6.07) is -0.967. The van der Waals surface area contributed by atoms with Gasteiger partial charge in [0.2, 0.25) is 5.82 Å². The lowest BCUT2D eigenvalue weighted by molar-refractivity contribution is -0.145. The van der Waals surface area contributed by atoms with E-state index < -0.39 is 24.6 Å². The Morgan fingerprint density at radius 3 is 2.76 bits per heavy atom. The summed E-state index contributed by atoms with van der Waals surface area (Å²) in [5, 5.41) is 8.88. The minimum Gasteiger partial charge on any atom is -0.394 e. The van der Waals surface area contributed by atoms with Gasteiger partial charge in [-0.05, 0) is 0 Å². The van der Waals surface area contributed by atoms with Crippen molar-refractivity contribution in [3.05, 3.63) is 30.1 Å². The van der Waals surface area contributed by atoms with Gasteiger partial charge in [0, 0.05) is 12.4 Å². The van der Waals surface area contributed by atoms with E-state index in [1.54, 1.807) is 0 Å². The van der Waals surface area contributed by atoms with Crippen LogP contribution in [0.2, 0.25) is 0 Å². The normalized spacial score (nSPS) is 14.2. The van der Waals surface area contributed by atoms with Gasteiger partial charge in [0.25, 0.3) is 0 Å².